The summed E-state index contributed by atoms with van der Waals surface area (Å²) in [5.74, 6) is -1.14. The maximum absolute atomic E-state index is 12.1. The summed E-state index contributed by atoms with van der Waals surface area (Å²) >= 11 is 0. The van der Waals surface area contributed by atoms with E-state index in [9.17, 15) is 9.59 Å². The molecule has 1 fully saturated rings. The van der Waals surface area contributed by atoms with E-state index in [4.69, 9.17) is 10.8 Å². The summed E-state index contributed by atoms with van der Waals surface area (Å²) in [6.07, 6.45) is 1.31. The quantitative estimate of drug-likeness (QED) is 0.724. The molecule has 1 saturated heterocycles. The summed E-state index contributed by atoms with van der Waals surface area (Å²) in [5, 5.41) is 9.00. The molecule has 5 heteroatoms. The maximum Gasteiger partial charge on any atom is 0.326 e. The van der Waals surface area contributed by atoms with Crippen molar-refractivity contribution >= 4 is 11.9 Å². The molecule has 5 nitrogen and oxygen atoms in total. The highest BCUT2D eigenvalue weighted by Gasteiger charge is 2.37. The highest BCUT2D eigenvalue weighted by Crippen LogP contribution is 2.22. The lowest BCUT2D eigenvalue weighted by atomic mass is 9.94. The molecule has 1 heterocycles. The average Bonchev–Trinajstić information content (AvgIpc) is 2.65. The van der Waals surface area contributed by atoms with Gasteiger partial charge in [-0.2, -0.15) is 0 Å². The van der Waals surface area contributed by atoms with E-state index in [1.165, 1.54) is 4.90 Å². The van der Waals surface area contributed by atoms with Crippen molar-refractivity contribution in [1.29, 1.82) is 0 Å². The minimum Gasteiger partial charge on any atom is -0.480 e. The van der Waals surface area contributed by atoms with Crippen LogP contribution in [0.2, 0.25) is 0 Å². The Morgan fingerprint density at radius 1 is 1.50 bits per heavy atom. The summed E-state index contributed by atoms with van der Waals surface area (Å²) < 4.78 is 0. The predicted molar refractivity (Wildman–Crippen MR) is 59.8 cm³/mol. The molecule has 0 saturated carbocycles. The molecule has 2 unspecified atom stereocenters. The molecule has 0 aromatic heterocycles. The van der Waals surface area contributed by atoms with Crippen molar-refractivity contribution in [3.05, 3.63) is 0 Å². The lowest BCUT2D eigenvalue weighted by Crippen LogP contribution is -2.46. The van der Waals surface area contributed by atoms with E-state index in [1.54, 1.807) is 0 Å². The van der Waals surface area contributed by atoms with Crippen LogP contribution in [0.5, 0.6) is 0 Å². The summed E-state index contributed by atoms with van der Waals surface area (Å²) in [5.41, 5.74) is 5.57. The van der Waals surface area contributed by atoms with Gasteiger partial charge in [0.1, 0.15) is 6.04 Å². The normalized spacial score (nSPS) is 22.5. The number of rotatable bonds is 4. The Kier molecular flexibility index (Phi) is 4.29. The van der Waals surface area contributed by atoms with Crippen molar-refractivity contribution < 1.29 is 14.7 Å². The van der Waals surface area contributed by atoms with E-state index in [1.807, 2.05) is 13.8 Å². The first-order valence-corrected chi connectivity index (χ1v) is 5.72. The zero-order valence-electron chi connectivity index (χ0n) is 9.85. The van der Waals surface area contributed by atoms with E-state index in [0.29, 0.717) is 13.0 Å². The van der Waals surface area contributed by atoms with Gasteiger partial charge < -0.3 is 15.7 Å². The zero-order chi connectivity index (χ0) is 12.3. The number of carboxylic acid groups (broad SMARTS) is 1. The Morgan fingerprint density at radius 3 is 2.56 bits per heavy atom. The minimum absolute atomic E-state index is 0.109. The lowest BCUT2D eigenvalue weighted by molar-refractivity contribution is -0.150. The molecule has 0 spiro atoms. The number of aliphatic carboxylic acids is 1. The van der Waals surface area contributed by atoms with Gasteiger partial charge in [0.25, 0.3) is 0 Å². The van der Waals surface area contributed by atoms with Gasteiger partial charge in [-0.15, -0.1) is 0 Å². The fraction of sp³-hybridized carbons (Fsp3) is 0.818. The number of nitrogens with two attached hydrogens (primary N) is 1. The monoisotopic (exact) mass is 228 g/mol. The second-order valence-electron chi connectivity index (χ2n) is 4.61. The topological polar surface area (TPSA) is 83.6 Å². The number of hydrogen-bond donors (Lipinski definition) is 2. The SMILES string of the molecule is CC(C)C(CN)C(=O)N1CCCC1C(=O)O. The number of likely N-dealkylation sites (tertiary alicyclic amines) is 1. The Bertz CT molecular complexity index is 278. The number of carbonyl (C=O) groups is 2. The van der Waals surface area contributed by atoms with Gasteiger partial charge in [-0.3, -0.25) is 4.79 Å². The largest absolute Gasteiger partial charge is 0.480 e. The first kappa shape index (κ1) is 13.0. The third-order valence-electron chi connectivity index (χ3n) is 3.20. The summed E-state index contributed by atoms with van der Waals surface area (Å²) in [7, 11) is 0. The van der Waals surface area contributed by atoms with Crippen molar-refractivity contribution in [2.45, 2.75) is 32.7 Å². The van der Waals surface area contributed by atoms with Crippen molar-refractivity contribution in [1.82, 2.24) is 4.90 Å². The summed E-state index contributed by atoms with van der Waals surface area (Å²) in [6.45, 7) is 4.68. The van der Waals surface area contributed by atoms with Gasteiger partial charge in [-0.25, -0.2) is 4.79 Å². The third kappa shape index (κ3) is 2.52. The van der Waals surface area contributed by atoms with Crippen molar-refractivity contribution in [2.24, 2.45) is 17.6 Å². The fourth-order valence-electron chi connectivity index (χ4n) is 2.16. The highest BCUT2D eigenvalue weighted by atomic mass is 16.4. The highest BCUT2D eigenvalue weighted by molar-refractivity contribution is 5.86. The molecule has 1 aliphatic rings. The van der Waals surface area contributed by atoms with Crippen LogP contribution in [-0.2, 0) is 9.59 Å². The Labute approximate surface area is 95.6 Å². The molecule has 0 aromatic rings. The Hall–Kier alpha value is -1.10. The van der Waals surface area contributed by atoms with Crippen LogP contribution in [0.1, 0.15) is 26.7 Å². The molecule has 2 atom stereocenters. The lowest BCUT2D eigenvalue weighted by Gasteiger charge is -2.27. The van der Waals surface area contributed by atoms with Gasteiger partial charge >= 0.3 is 5.97 Å². The molecule has 1 rings (SSSR count). The van der Waals surface area contributed by atoms with E-state index < -0.39 is 12.0 Å². The third-order valence-corrected chi connectivity index (χ3v) is 3.20. The molecule has 0 radical (unpaired) electrons. The molecule has 92 valence electrons. The molecular weight excluding hydrogens is 208 g/mol. The van der Waals surface area contributed by atoms with Gasteiger partial charge in [0.2, 0.25) is 5.91 Å². The average molecular weight is 228 g/mol. The minimum atomic E-state index is -0.912. The van der Waals surface area contributed by atoms with E-state index in [-0.39, 0.29) is 24.3 Å². The van der Waals surface area contributed by atoms with Gasteiger partial charge in [0.05, 0.1) is 5.92 Å². The molecule has 1 aliphatic heterocycles. The van der Waals surface area contributed by atoms with Crippen LogP contribution in [0.25, 0.3) is 0 Å². The first-order chi connectivity index (χ1) is 7.49. The van der Waals surface area contributed by atoms with Crippen molar-refractivity contribution in [2.75, 3.05) is 13.1 Å². The molecular formula is C11H20N2O3. The first-order valence-electron chi connectivity index (χ1n) is 5.72. The van der Waals surface area contributed by atoms with Gasteiger partial charge in [0.15, 0.2) is 0 Å². The van der Waals surface area contributed by atoms with Crippen LogP contribution < -0.4 is 5.73 Å². The number of nitrogens with zero attached hydrogens (tertiary/aromatic N) is 1. The van der Waals surface area contributed by atoms with Gasteiger partial charge in [-0.05, 0) is 18.8 Å². The van der Waals surface area contributed by atoms with Gasteiger partial charge in [-0.1, -0.05) is 13.8 Å². The number of carboxylic acids is 1. The van der Waals surface area contributed by atoms with Crippen LogP contribution in [0.15, 0.2) is 0 Å². The van der Waals surface area contributed by atoms with E-state index in [0.717, 1.165) is 6.42 Å². The number of amides is 1. The van der Waals surface area contributed by atoms with Gasteiger partial charge in [0, 0.05) is 13.1 Å². The molecule has 0 aliphatic carbocycles. The van der Waals surface area contributed by atoms with E-state index >= 15 is 0 Å². The Morgan fingerprint density at radius 2 is 2.12 bits per heavy atom. The molecule has 16 heavy (non-hydrogen) atoms. The number of carbonyl (C=O) groups excluding carboxylic acids is 1. The zero-order valence-corrected chi connectivity index (χ0v) is 9.85. The molecule has 3 N–H and O–H groups in total. The maximum atomic E-state index is 12.1. The second kappa shape index (κ2) is 5.30. The molecule has 0 aromatic carbocycles. The number of hydrogen-bond acceptors (Lipinski definition) is 3. The standard InChI is InChI=1S/C11H20N2O3/c1-7(2)8(6-12)10(14)13-5-3-4-9(13)11(15)16/h7-9H,3-6,12H2,1-2H3,(H,15,16). The Balaban J connectivity index is 2.75. The van der Waals surface area contributed by atoms with E-state index in [2.05, 4.69) is 0 Å². The van der Waals surface area contributed by atoms with Crippen molar-refractivity contribution in [3.8, 4) is 0 Å². The summed E-state index contributed by atoms with van der Waals surface area (Å²) in [6, 6.07) is -0.653. The van der Waals surface area contributed by atoms with Crippen LogP contribution >= 0.6 is 0 Å². The fourth-order valence-corrected chi connectivity index (χ4v) is 2.16. The smallest absolute Gasteiger partial charge is 0.326 e. The van der Waals surface area contributed by atoms with Crippen LogP contribution in [0, 0.1) is 11.8 Å². The van der Waals surface area contributed by atoms with Crippen LogP contribution in [0.4, 0.5) is 0 Å². The second-order valence-corrected chi connectivity index (χ2v) is 4.61. The predicted octanol–water partition coefficient (Wildman–Crippen LogP) is 0.293. The molecule has 1 amide bonds. The van der Waals surface area contributed by atoms with Crippen LogP contribution in [-0.4, -0.2) is 41.0 Å². The summed E-state index contributed by atoms with van der Waals surface area (Å²) in [4.78, 5) is 24.6. The van der Waals surface area contributed by atoms with Crippen LogP contribution in [0.3, 0.4) is 0 Å². The molecule has 0 bridgehead atoms. The van der Waals surface area contributed by atoms with Crippen molar-refractivity contribution in [3.63, 3.8) is 0 Å².